The number of aromatic nitrogens is 2. The van der Waals surface area contributed by atoms with Gasteiger partial charge in [-0.15, -0.1) is 5.10 Å². The summed E-state index contributed by atoms with van der Waals surface area (Å²) in [6.45, 7) is 1.77. The third-order valence-corrected chi connectivity index (χ3v) is 5.78. The number of carbonyl (C=O) groups excluding carboxylic acids is 1. The van der Waals surface area contributed by atoms with E-state index in [2.05, 4.69) is 26.5 Å². The smallest absolute Gasteiger partial charge is 0.244 e. The van der Waals surface area contributed by atoms with Gasteiger partial charge in [0.1, 0.15) is 5.75 Å². The van der Waals surface area contributed by atoms with E-state index in [9.17, 15) is 4.79 Å². The number of nitrogens with zero attached hydrogens (tertiary/aromatic N) is 3. The summed E-state index contributed by atoms with van der Waals surface area (Å²) < 4.78 is 5.32. The quantitative estimate of drug-likeness (QED) is 0.792. The van der Waals surface area contributed by atoms with Crippen molar-refractivity contribution in [2.24, 2.45) is 0 Å². The van der Waals surface area contributed by atoms with Gasteiger partial charge in [-0.25, -0.2) is 0 Å². The standard InChI is InChI=1S/C23H28N4O2/c1-29-21-9-5-3-6-17(21)10-11-23(28)24-19-12-14-27(15-13-19)22-16-18-7-2-4-8-20(18)25-26-22/h3,5-6,9-11,16,19H,2,4,7-8,12-15H2,1H3,(H,24,28)/b11-10+. The Morgan fingerprint density at radius 2 is 1.97 bits per heavy atom. The van der Waals surface area contributed by atoms with Crippen LogP contribution in [0.2, 0.25) is 0 Å². The van der Waals surface area contributed by atoms with Crippen LogP contribution in [0.3, 0.4) is 0 Å². The largest absolute Gasteiger partial charge is 0.496 e. The van der Waals surface area contributed by atoms with Crippen molar-refractivity contribution in [1.29, 1.82) is 0 Å². The van der Waals surface area contributed by atoms with Gasteiger partial charge in [0, 0.05) is 30.8 Å². The number of anilines is 1. The highest BCUT2D eigenvalue weighted by molar-refractivity contribution is 5.92. The van der Waals surface area contributed by atoms with Gasteiger partial charge in [-0.05, 0) is 62.3 Å². The van der Waals surface area contributed by atoms with Crippen molar-refractivity contribution in [3.8, 4) is 5.75 Å². The van der Waals surface area contributed by atoms with Gasteiger partial charge in [0.05, 0.1) is 12.8 Å². The molecule has 0 radical (unpaired) electrons. The number of piperidine rings is 1. The summed E-state index contributed by atoms with van der Waals surface area (Å²) in [6, 6.07) is 10.1. The number of para-hydroxylation sites is 1. The second-order valence-corrected chi connectivity index (χ2v) is 7.73. The van der Waals surface area contributed by atoms with E-state index in [4.69, 9.17) is 4.74 Å². The summed E-state index contributed by atoms with van der Waals surface area (Å²) in [4.78, 5) is 14.6. The van der Waals surface area contributed by atoms with Gasteiger partial charge < -0.3 is 15.0 Å². The minimum Gasteiger partial charge on any atom is -0.496 e. The lowest BCUT2D eigenvalue weighted by Crippen LogP contribution is -2.44. The number of benzene rings is 1. The summed E-state index contributed by atoms with van der Waals surface area (Å²) in [7, 11) is 1.63. The molecule has 6 heteroatoms. The fourth-order valence-electron chi connectivity index (χ4n) is 4.11. The summed E-state index contributed by atoms with van der Waals surface area (Å²) in [5.41, 5.74) is 3.42. The Bertz CT molecular complexity index is 888. The highest BCUT2D eigenvalue weighted by Crippen LogP contribution is 2.24. The number of carbonyl (C=O) groups is 1. The van der Waals surface area contributed by atoms with Gasteiger partial charge in [-0.1, -0.05) is 18.2 Å². The van der Waals surface area contributed by atoms with Crippen molar-refractivity contribution in [2.75, 3.05) is 25.1 Å². The molecule has 0 atom stereocenters. The second-order valence-electron chi connectivity index (χ2n) is 7.73. The number of aryl methyl sites for hydroxylation is 2. The molecule has 1 aliphatic carbocycles. The number of fused-ring (bicyclic) bond motifs is 1. The monoisotopic (exact) mass is 392 g/mol. The van der Waals surface area contributed by atoms with Crippen LogP contribution in [0, 0.1) is 0 Å². The maximum atomic E-state index is 12.3. The molecule has 1 aromatic carbocycles. The molecule has 6 nitrogen and oxygen atoms in total. The van der Waals surface area contributed by atoms with E-state index in [-0.39, 0.29) is 11.9 Å². The molecular formula is C23H28N4O2. The van der Waals surface area contributed by atoms with Gasteiger partial charge in [-0.3, -0.25) is 4.79 Å². The average molecular weight is 393 g/mol. The zero-order valence-electron chi connectivity index (χ0n) is 16.9. The number of nitrogens with one attached hydrogen (secondary N) is 1. The number of ether oxygens (including phenoxy) is 1. The highest BCUT2D eigenvalue weighted by Gasteiger charge is 2.22. The highest BCUT2D eigenvalue weighted by atomic mass is 16.5. The summed E-state index contributed by atoms with van der Waals surface area (Å²) in [5.74, 6) is 1.67. The van der Waals surface area contributed by atoms with Crippen molar-refractivity contribution in [3.63, 3.8) is 0 Å². The zero-order chi connectivity index (χ0) is 20.1. The number of rotatable bonds is 5. The molecule has 2 aliphatic rings. The Balaban J connectivity index is 1.29. The van der Waals surface area contributed by atoms with Gasteiger partial charge in [0.2, 0.25) is 5.91 Å². The maximum Gasteiger partial charge on any atom is 0.244 e. The summed E-state index contributed by atoms with van der Waals surface area (Å²) in [6.07, 6.45) is 9.83. The van der Waals surface area contributed by atoms with Crippen molar-refractivity contribution in [2.45, 2.75) is 44.6 Å². The molecule has 0 unspecified atom stereocenters. The number of hydrogen-bond donors (Lipinski definition) is 1. The lowest BCUT2D eigenvalue weighted by Gasteiger charge is -2.33. The third-order valence-electron chi connectivity index (χ3n) is 5.78. The second kappa shape index (κ2) is 9.07. The minimum absolute atomic E-state index is 0.0667. The Labute approximate surface area is 172 Å². The molecule has 2 aromatic rings. The number of amides is 1. The predicted octanol–water partition coefficient (Wildman–Crippen LogP) is 3.16. The van der Waals surface area contributed by atoms with E-state index in [1.54, 1.807) is 19.3 Å². The Hall–Kier alpha value is -2.89. The Morgan fingerprint density at radius 3 is 2.79 bits per heavy atom. The third kappa shape index (κ3) is 4.75. The lowest BCUT2D eigenvalue weighted by molar-refractivity contribution is -0.117. The molecule has 0 spiro atoms. The van der Waals surface area contributed by atoms with Gasteiger partial charge in [-0.2, -0.15) is 5.10 Å². The molecule has 1 aromatic heterocycles. The van der Waals surface area contributed by atoms with Crippen LogP contribution in [0.15, 0.2) is 36.4 Å². The first-order chi connectivity index (χ1) is 14.2. The average Bonchev–Trinajstić information content (AvgIpc) is 2.78. The van der Waals surface area contributed by atoms with E-state index in [0.29, 0.717) is 0 Å². The fourth-order valence-corrected chi connectivity index (χ4v) is 4.11. The van der Waals surface area contributed by atoms with E-state index in [1.165, 1.54) is 24.1 Å². The van der Waals surface area contributed by atoms with E-state index >= 15 is 0 Å². The van der Waals surface area contributed by atoms with Crippen molar-refractivity contribution in [3.05, 3.63) is 53.2 Å². The van der Waals surface area contributed by atoms with Gasteiger partial charge >= 0.3 is 0 Å². The Morgan fingerprint density at radius 1 is 1.17 bits per heavy atom. The topological polar surface area (TPSA) is 67.3 Å². The van der Waals surface area contributed by atoms with Crippen LogP contribution in [0.5, 0.6) is 5.75 Å². The molecule has 1 aliphatic heterocycles. The normalized spacial score (nSPS) is 17.2. The first kappa shape index (κ1) is 19.4. The molecule has 29 heavy (non-hydrogen) atoms. The predicted molar refractivity (Wildman–Crippen MR) is 114 cm³/mol. The summed E-state index contributed by atoms with van der Waals surface area (Å²) in [5, 5.41) is 12.0. The van der Waals surface area contributed by atoms with Gasteiger partial charge in [0.25, 0.3) is 0 Å². The van der Waals surface area contributed by atoms with Crippen LogP contribution in [0.1, 0.15) is 42.5 Å². The van der Waals surface area contributed by atoms with Crippen LogP contribution in [-0.2, 0) is 17.6 Å². The number of hydrogen-bond acceptors (Lipinski definition) is 5. The first-order valence-corrected chi connectivity index (χ1v) is 10.4. The first-order valence-electron chi connectivity index (χ1n) is 10.4. The van der Waals surface area contributed by atoms with Gasteiger partial charge in [0.15, 0.2) is 5.82 Å². The molecule has 4 rings (SSSR count). The van der Waals surface area contributed by atoms with Crippen LogP contribution >= 0.6 is 0 Å². The van der Waals surface area contributed by atoms with Crippen molar-refractivity contribution < 1.29 is 9.53 Å². The maximum absolute atomic E-state index is 12.3. The molecule has 1 fully saturated rings. The van der Waals surface area contributed by atoms with E-state index in [1.807, 2.05) is 24.3 Å². The van der Waals surface area contributed by atoms with E-state index in [0.717, 1.165) is 55.9 Å². The zero-order valence-corrected chi connectivity index (χ0v) is 16.9. The molecule has 0 bridgehead atoms. The molecular weight excluding hydrogens is 364 g/mol. The minimum atomic E-state index is -0.0667. The molecule has 152 valence electrons. The van der Waals surface area contributed by atoms with Crippen LogP contribution in [0.25, 0.3) is 6.08 Å². The van der Waals surface area contributed by atoms with Crippen LogP contribution in [0.4, 0.5) is 5.82 Å². The molecule has 1 N–H and O–H groups in total. The molecule has 0 saturated carbocycles. The summed E-state index contributed by atoms with van der Waals surface area (Å²) >= 11 is 0. The van der Waals surface area contributed by atoms with Crippen LogP contribution in [-0.4, -0.2) is 42.3 Å². The van der Waals surface area contributed by atoms with Crippen molar-refractivity contribution in [1.82, 2.24) is 15.5 Å². The molecule has 1 amide bonds. The molecule has 2 heterocycles. The number of methoxy groups -OCH3 is 1. The lowest BCUT2D eigenvalue weighted by atomic mass is 9.96. The SMILES string of the molecule is COc1ccccc1/C=C/C(=O)NC1CCN(c2cc3c(nn2)CCCC3)CC1. The van der Waals surface area contributed by atoms with Crippen LogP contribution < -0.4 is 15.0 Å². The van der Waals surface area contributed by atoms with Crippen molar-refractivity contribution >= 4 is 17.8 Å². The molecule has 1 saturated heterocycles. The Kier molecular flexibility index (Phi) is 6.08. The fraction of sp³-hybridized carbons (Fsp3) is 0.435. The van der Waals surface area contributed by atoms with E-state index < -0.39 is 0 Å².